The molecule has 0 aliphatic rings. The van der Waals surface area contributed by atoms with Crippen LogP contribution < -0.4 is 5.43 Å². The van der Waals surface area contributed by atoms with Crippen LogP contribution in [0.25, 0.3) is 22.3 Å². The fourth-order valence-electron chi connectivity index (χ4n) is 3.67. The minimum absolute atomic E-state index is 0.0164. The third-order valence-electron chi connectivity index (χ3n) is 5.24. The van der Waals surface area contributed by atoms with E-state index >= 15 is 0 Å². The predicted molar refractivity (Wildman–Crippen MR) is 123 cm³/mol. The normalized spacial score (nSPS) is 11.2. The number of fused-ring (bicyclic) bond motifs is 1. The quantitative estimate of drug-likeness (QED) is 0.411. The first kappa shape index (κ1) is 20.0. The van der Waals surface area contributed by atoms with Gasteiger partial charge in [-0.1, -0.05) is 59.2 Å². The minimum Gasteiger partial charge on any atom is -0.508 e. The van der Waals surface area contributed by atoms with Gasteiger partial charge < -0.3 is 14.2 Å². The van der Waals surface area contributed by atoms with Gasteiger partial charge in [0.1, 0.15) is 5.75 Å². The summed E-state index contributed by atoms with van der Waals surface area (Å²) in [6.45, 7) is 0.500. The molecule has 0 amide bonds. The van der Waals surface area contributed by atoms with E-state index in [1.807, 2.05) is 59.2 Å². The van der Waals surface area contributed by atoms with Crippen molar-refractivity contribution in [1.29, 1.82) is 0 Å². The van der Waals surface area contributed by atoms with Crippen LogP contribution in [0.5, 0.6) is 5.75 Å². The third-order valence-corrected chi connectivity index (χ3v) is 5.49. The maximum absolute atomic E-state index is 13.2. The molecule has 3 aromatic carbocycles. The van der Waals surface area contributed by atoms with Gasteiger partial charge in [0.15, 0.2) is 0 Å². The molecule has 5 rings (SSSR count). The first-order valence-electron chi connectivity index (χ1n) is 10.0. The molecule has 0 aliphatic carbocycles. The summed E-state index contributed by atoms with van der Waals surface area (Å²) in [4.78, 5) is 17.7. The largest absolute Gasteiger partial charge is 0.508 e. The Morgan fingerprint density at radius 2 is 1.75 bits per heavy atom. The second-order valence-corrected chi connectivity index (χ2v) is 7.94. The highest BCUT2D eigenvalue weighted by atomic mass is 35.5. The van der Waals surface area contributed by atoms with Gasteiger partial charge in [-0.25, -0.2) is 0 Å². The molecule has 1 N–H and O–H groups in total. The number of hydrogen-bond acceptors (Lipinski definition) is 5. The Morgan fingerprint density at radius 1 is 0.969 bits per heavy atom. The van der Waals surface area contributed by atoms with Crippen molar-refractivity contribution < 1.29 is 9.63 Å². The van der Waals surface area contributed by atoms with Crippen LogP contribution >= 0.6 is 11.6 Å². The number of aromatic nitrogens is 3. The lowest BCUT2D eigenvalue weighted by molar-refractivity contribution is 0.385. The zero-order valence-electron chi connectivity index (χ0n) is 16.9. The molecule has 0 radical (unpaired) electrons. The average molecular weight is 444 g/mol. The van der Waals surface area contributed by atoms with Gasteiger partial charge in [0.25, 0.3) is 0 Å². The molecule has 7 heteroatoms. The molecule has 0 unspecified atom stereocenters. The second-order valence-electron chi connectivity index (χ2n) is 7.50. The van der Waals surface area contributed by atoms with Crippen LogP contribution in [-0.4, -0.2) is 19.8 Å². The number of benzene rings is 3. The van der Waals surface area contributed by atoms with Gasteiger partial charge in [-0.15, -0.1) is 0 Å². The SMILES string of the molecule is O=c1c(-c2noc(Cc3ccccc3)n2)cn(Cc2ccc(Cl)cc2)c2ccc(O)cc12. The summed E-state index contributed by atoms with van der Waals surface area (Å²) in [5.41, 5.74) is 2.78. The van der Waals surface area contributed by atoms with E-state index in [2.05, 4.69) is 10.1 Å². The first-order chi connectivity index (χ1) is 15.6. The molecule has 0 bridgehead atoms. The van der Waals surface area contributed by atoms with Crippen LogP contribution in [-0.2, 0) is 13.0 Å². The Balaban J connectivity index is 1.59. The van der Waals surface area contributed by atoms with E-state index in [1.54, 1.807) is 18.3 Å². The molecule has 0 fully saturated rings. The zero-order valence-corrected chi connectivity index (χ0v) is 17.7. The number of aromatic hydroxyl groups is 1. The molecular weight excluding hydrogens is 426 g/mol. The Labute approximate surface area is 188 Å². The highest BCUT2D eigenvalue weighted by Crippen LogP contribution is 2.23. The van der Waals surface area contributed by atoms with Crippen molar-refractivity contribution in [1.82, 2.24) is 14.7 Å². The van der Waals surface area contributed by atoms with Crippen LogP contribution in [0.15, 0.2) is 88.3 Å². The monoisotopic (exact) mass is 443 g/mol. The highest BCUT2D eigenvalue weighted by Gasteiger charge is 2.17. The molecule has 0 spiro atoms. The van der Waals surface area contributed by atoms with Gasteiger partial charge in [-0.3, -0.25) is 4.79 Å². The van der Waals surface area contributed by atoms with Crippen LogP contribution in [0.3, 0.4) is 0 Å². The number of hydrogen-bond donors (Lipinski definition) is 1. The smallest absolute Gasteiger partial charge is 0.231 e. The molecule has 0 saturated carbocycles. The Hall–Kier alpha value is -3.90. The number of pyridine rings is 1. The maximum Gasteiger partial charge on any atom is 0.231 e. The van der Waals surface area contributed by atoms with E-state index in [-0.39, 0.29) is 17.0 Å². The molecular formula is C25H18ClN3O3. The van der Waals surface area contributed by atoms with Gasteiger partial charge in [-0.05, 0) is 41.5 Å². The van der Waals surface area contributed by atoms with Crippen molar-refractivity contribution in [2.24, 2.45) is 0 Å². The third kappa shape index (κ3) is 4.00. The van der Waals surface area contributed by atoms with Gasteiger partial charge in [0, 0.05) is 17.8 Å². The molecule has 158 valence electrons. The summed E-state index contributed by atoms with van der Waals surface area (Å²) in [5.74, 6) is 0.657. The van der Waals surface area contributed by atoms with Crippen LogP contribution in [0.2, 0.25) is 5.02 Å². The zero-order chi connectivity index (χ0) is 22.1. The number of phenols is 1. The molecule has 6 nitrogen and oxygen atoms in total. The van der Waals surface area contributed by atoms with E-state index < -0.39 is 0 Å². The summed E-state index contributed by atoms with van der Waals surface area (Å²) in [7, 11) is 0. The summed E-state index contributed by atoms with van der Waals surface area (Å²) in [6.07, 6.45) is 2.20. The summed E-state index contributed by atoms with van der Waals surface area (Å²) >= 11 is 6.01. The lowest BCUT2D eigenvalue weighted by Gasteiger charge is -2.13. The van der Waals surface area contributed by atoms with Gasteiger partial charge >= 0.3 is 0 Å². The van der Waals surface area contributed by atoms with E-state index in [0.717, 1.165) is 11.1 Å². The minimum atomic E-state index is -0.268. The van der Waals surface area contributed by atoms with Gasteiger partial charge in [0.2, 0.25) is 17.1 Å². The van der Waals surface area contributed by atoms with Crippen molar-refractivity contribution in [3.8, 4) is 17.1 Å². The number of phenolic OH excluding ortho intramolecular Hbond substituents is 1. The standard InChI is InChI=1S/C25H18ClN3O3/c26-18-8-6-17(7-9-18)14-29-15-21(24(31)20-13-19(30)10-11-22(20)29)25-27-23(32-28-25)12-16-4-2-1-3-5-16/h1-11,13,15,30H,12,14H2. The van der Waals surface area contributed by atoms with Crippen molar-refractivity contribution in [3.05, 3.63) is 111 Å². The van der Waals surface area contributed by atoms with E-state index in [1.165, 1.54) is 6.07 Å². The predicted octanol–water partition coefficient (Wildman–Crippen LogP) is 5.05. The fraction of sp³-hybridized carbons (Fsp3) is 0.0800. The van der Waals surface area contributed by atoms with Crippen molar-refractivity contribution in [3.63, 3.8) is 0 Å². The van der Waals surface area contributed by atoms with Gasteiger partial charge in [0.05, 0.1) is 22.9 Å². The van der Waals surface area contributed by atoms with Crippen LogP contribution in [0.4, 0.5) is 0 Å². The molecule has 2 heterocycles. The number of rotatable bonds is 5. The molecule has 2 aromatic heterocycles. The average Bonchev–Trinajstić information content (AvgIpc) is 3.26. The summed E-state index contributed by atoms with van der Waals surface area (Å²) in [5, 5.41) is 15.1. The van der Waals surface area contributed by atoms with Crippen molar-refractivity contribution in [2.75, 3.05) is 0 Å². The van der Waals surface area contributed by atoms with E-state index in [4.69, 9.17) is 16.1 Å². The van der Waals surface area contributed by atoms with Crippen LogP contribution in [0, 0.1) is 0 Å². The topological polar surface area (TPSA) is 81.2 Å². The molecule has 32 heavy (non-hydrogen) atoms. The fourth-order valence-corrected chi connectivity index (χ4v) is 3.79. The maximum atomic E-state index is 13.2. The van der Waals surface area contributed by atoms with Crippen molar-refractivity contribution >= 4 is 22.5 Å². The Kier molecular flexibility index (Phi) is 5.21. The molecule has 5 aromatic rings. The Morgan fingerprint density at radius 3 is 2.53 bits per heavy atom. The molecule has 0 atom stereocenters. The van der Waals surface area contributed by atoms with Crippen LogP contribution in [0.1, 0.15) is 17.0 Å². The molecule has 0 saturated heterocycles. The lowest BCUT2D eigenvalue weighted by Crippen LogP contribution is -2.13. The van der Waals surface area contributed by atoms with E-state index in [9.17, 15) is 9.90 Å². The lowest BCUT2D eigenvalue weighted by atomic mass is 10.1. The van der Waals surface area contributed by atoms with E-state index in [0.29, 0.717) is 40.3 Å². The Bertz CT molecular complexity index is 1460. The van der Waals surface area contributed by atoms with Crippen molar-refractivity contribution in [2.45, 2.75) is 13.0 Å². The second kappa shape index (κ2) is 8.32. The summed E-state index contributed by atoms with van der Waals surface area (Å²) in [6, 6.07) is 22.0. The first-order valence-corrected chi connectivity index (χ1v) is 10.4. The molecule has 0 aliphatic heterocycles. The van der Waals surface area contributed by atoms with Gasteiger partial charge in [-0.2, -0.15) is 4.98 Å². The number of halogens is 1. The number of nitrogens with zero attached hydrogens (tertiary/aromatic N) is 3. The summed E-state index contributed by atoms with van der Waals surface area (Å²) < 4.78 is 7.34. The highest BCUT2D eigenvalue weighted by molar-refractivity contribution is 6.30.